The van der Waals surface area contributed by atoms with Crippen molar-refractivity contribution in [2.75, 3.05) is 6.61 Å². The Morgan fingerprint density at radius 2 is 2.33 bits per heavy atom. The average molecular weight is 228 g/mol. The minimum atomic E-state index is -0.178. The van der Waals surface area contributed by atoms with Gasteiger partial charge in [0.15, 0.2) is 4.77 Å². The smallest absolute Gasteiger partial charge is 0.307 e. The van der Waals surface area contributed by atoms with E-state index in [4.69, 9.17) is 17.0 Å². The second-order valence-corrected chi connectivity index (χ2v) is 3.53. The minimum absolute atomic E-state index is 0.178. The van der Waals surface area contributed by atoms with Crippen LogP contribution >= 0.6 is 12.2 Å². The molecular formula is C10H16N2O2S. The number of hydrogen-bond donors (Lipinski definition) is 1. The van der Waals surface area contributed by atoms with Gasteiger partial charge in [0.1, 0.15) is 0 Å². The molecule has 0 saturated heterocycles. The normalized spacial score (nSPS) is 10.3. The predicted octanol–water partition coefficient (Wildman–Crippen LogP) is 2.06. The van der Waals surface area contributed by atoms with Gasteiger partial charge in [-0.05, 0) is 25.6 Å². The Morgan fingerprint density at radius 1 is 1.60 bits per heavy atom. The van der Waals surface area contributed by atoms with Gasteiger partial charge in [0.25, 0.3) is 0 Å². The second-order valence-electron chi connectivity index (χ2n) is 3.15. The fourth-order valence-electron chi connectivity index (χ4n) is 1.41. The van der Waals surface area contributed by atoms with Crippen LogP contribution in [0.5, 0.6) is 0 Å². The molecule has 1 aromatic rings. The van der Waals surface area contributed by atoms with Crippen molar-refractivity contribution in [1.82, 2.24) is 9.55 Å². The molecule has 0 amide bonds. The number of rotatable bonds is 5. The largest absolute Gasteiger partial charge is 0.466 e. The highest BCUT2D eigenvalue weighted by atomic mass is 32.1. The topological polar surface area (TPSA) is 47.0 Å². The Labute approximate surface area is 94.3 Å². The van der Waals surface area contributed by atoms with E-state index in [0.717, 1.165) is 12.1 Å². The predicted molar refractivity (Wildman–Crippen MR) is 60.2 cm³/mol. The molecule has 0 aliphatic rings. The van der Waals surface area contributed by atoms with E-state index >= 15 is 0 Å². The van der Waals surface area contributed by atoms with Gasteiger partial charge in [0.05, 0.1) is 13.0 Å². The first-order chi connectivity index (χ1) is 7.19. The molecule has 0 spiro atoms. The second kappa shape index (κ2) is 5.70. The van der Waals surface area contributed by atoms with E-state index in [2.05, 4.69) is 11.9 Å². The third-order valence-corrected chi connectivity index (χ3v) is 2.50. The van der Waals surface area contributed by atoms with Crippen LogP contribution in [0.4, 0.5) is 0 Å². The molecule has 15 heavy (non-hydrogen) atoms. The van der Waals surface area contributed by atoms with Crippen molar-refractivity contribution < 1.29 is 9.53 Å². The van der Waals surface area contributed by atoms with Gasteiger partial charge in [-0.15, -0.1) is 0 Å². The molecule has 0 aromatic carbocycles. The monoisotopic (exact) mass is 228 g/mol. The number of aromatic nitrogens is 2. The zero-order valence-electron chi connectivity index (χ0n) is 9.08. The summed E-state index contributed by atoms with van der Waals surface area (Å²) in [5.41, 5.74) is 1.12. The van der Waals surface area contributed by atoms with Crippen LogP contribution in [0.15, 0.2) is 6.20 Å². The summed E-state index contributed by atoms with van der Waals surface area (Å²) in [6.45, 7) is 4.87. The van der Waals surface area contributed by atoms with Crippen LogP contribution in [0.1, 0.15) is 26.0 Å². The average Bonchev–Trinajstić information content (AvgIpc) is 2.57. The Morgan fingerprint density at radius 3 is 2.93 bits per heavy atom. The van der Waals surface area contributed by atoms with Gasteiger partial charge in [-0.1, -0.05) is 6.92 Å². The first kappa shape index (κ1) is 12.0. The summed E-state index contributed by atoms with van der Waals surface area (Å²) in [5.74, 6) is -0.178. The maximum Gasteiger partial charge on any atom is 0.307 e. The van der Waals surface area contributed by atoms with Gasteiger partial charge >= 0.3 is 5.97 Å². The lowest BCUT2D eigenvalue weighted by atomic mass is 10.3. The number of nitrogens with zero attached hydrogens (tertiary/aromatic N) is 1. The fraction of sp³-hybridized carbons (Fsp3) is 0.600. The number of ether oxygens (including phenoxy) is 1. The van der Waals surface area contributed by atoms with Crippen molar-refractivity contribution in [3.8, 4) is 0 Å². The zero-order valence-corrected chi connectivity index (χ0v) is 9.89. The summed E-state index contributed by atoms with van der Waals surface area (Å²) in [7, 11) is 0. The van der Waals surface area contributed by atoms with Gasteiger partial charge in [0, 0.05) is 18.4 Å². The van der Waals surface area contributed by atoms with E-state index < -0.39 is 0 Å². The molecule has 0 unspecified atom stereocenters. The van der Waals surface area contributed by atoms with Gasteiger partial charge in [-0.25, -0.2) is 0 Å². The summed E-state index contributed by atoms with van der Waals surface area (Å²) in [4.78, 5) is 14.1. The summed E-state index contributed by atoms with van der Waals surface area (Å²) in [6.07, 6.45) is 3.15. The maximum absolute atomic E-state index is 11.2. The zero-order chi connectivity index (χ0) is 11.3. The molecule has 4 nitrogen and oxygen atoms in total. The Kier molecular flexibility index (Phi) is 4.55. The molecular weight excluding hydrogens is 212 g/mol. The van der Waals surface area contributed by atoms with E-state index in [1.54, 1.807) is 6.92 Å². The molecule has 1 aromatic heterocycles. The first-order valence-electron chi connectivity index (χ1n) is 5.11. The highest BCUT2D eigenvalue weighted by Gasteiger charge is 2.05. The molecule has 1 rings (SSSR count). The number of hydrogen-bond acceptors (Lipinski definition) is 3. The lowest BCUT2D eigenvalue weighted by molar-refractivity contribution is -0.143. The van der Waals surface area contributed by atoms with Crippen LogP contribution in [0.3, 0.4) is 0 Å². The van der Waals surface area contributed by atoms with E-state index in [9.17, 15) is 4.79 Å². The number of carbonyl (C=O) groups is 1. The van der Waals surface area contributed by atoms with E-state index in [0.29, 0.717) is 24.3 Å². The molecule has 0 atom stereocenters. The fourth-order valence-corrected chi connectivity index (χ4v) is 1.67. The Bertz CT molecular complexity index is 381. The van der Waals surface area contributed by atoms with Crippen molar-refractivity contribution in [2.45, 2.75) is 33.2 Å². The van der Waals surface area contributed by atoms with Gasteiger partial charge < -0.3 is 14.3 Å². The number of H-pyrrole nitrogens is 1. The van der Waals surface area contributed by atoms with Crippen LogP contribution in [-0.4, -0.2) is 22.1 Å². The first-order valence-corrected chi connectivity index (χ1v) is 5.52. The number of esters is 1. The maximum atomic E-state index is 11.2. The highest BCUT2D eigenvalue weighted by molar-refractivity contribution is 7.71. The minimum Gasteiger partial charge on any atom is -0.466 e. The van der Waals surface area contributed by atoms with Crippen LogP contribution in [0.25, 0.3) is 0 Å². The lowest BCUT2D eigenvalue weighted by Gasteiger charge is -2.06. The molecule has 1 heterocycles. The summed E-state index contributed by atoms with van der Waals surface area (Å²) in [6, 6.07) is 0. The molecule has 0 aliphatic heterocycles. The molecule has 1 N–H and O–H groups in total. The lowest BCUT2D eigenvalue weighted by Crippen LogP contribution is -2.10. The molecule has 0 saturated carbocycles. The Balaban J connectivity index is 2.60. The highest BCUT2D eigenvalue weighted by Crippen LogP contribution is 2.04. The number of nitrogens with one attached hydrogen (secondary N) is 1. The number of aryl methyl sites for hydroxylation is 1. The summed E-state index contributed by atoms with van der Waals surface area (Å²) < 4.78 is 7.46. The van der Waals surface area contributed by atoms with Crippen LogP contribution in [0.2, 0.25) is 0 Å². The number of carbonyl (C=O) groups excluding carboxylic acids is 1. The Hall–Kier alpha value is -1.10. The van der Waals surface area contributed by atoms with Gasteiger partial charge in [-0.2, -0.15) is 0 Å². The third kappa shape index (κ3) is 3.20. The summed E-state index contributed by atoms with van der Waals surface area (Å²) >= 11 is 5.11. The van der Waals surface area contributed by atoms with Crippen LogP contribution in [0, 0.1) is 4.77 Å². The van der Waals surface area contributed by atoms with Crippen molar-refractivity contribution in [3.05, 3.63) is 16.7 Å². The molecule has 0 aliphatic carbocycles. The van der Waals surface area contributed by atoms with E-state index in [-0.39, 0.29) is 5.97 Å². The SMILES string of the molecule is CCOC(=O)CCn1c(CC)c[nH]c1=S. The standard InChI is InChI=1S/C10H16N2O2S/c1-3-8-7-11-10(15)12(8)6-5-9(13)14-4-2/h7H,3-6H2,1-2H3,(H,11,15). The molecule has 0 bridgehead atoms. The molecule has 84 valence electrons. The van der Waals surface area contributed by atoms with Crippen molar-refractivity contribution in [3.63, 3.8) is 0 Å². The van der Waals surface area contributed by atoms with Crippen LogP contribution in [-0.2, 0) is 22.5 Å². The molecule has 0 fully saturated rings. The summed E-state index contributed by atoms with van der Waals surface area (Å²) in [5, 5.41) is 0. The van der Waals surface area contributed by atoms with Crippen molar-refractivity contribution >= 4 is 18.2 Å². The molecule has 0 radical (unpaired) electrons. The van der Waals surface area contributed by atoms with Gasteiger partial charge in [-0.3, -0.25) is 4.79 Å². The quantitative estimate of drug-likeness (QED) is 0.620. The van der Waals surface area contributed by atoms with E-state index in [1.807, 2.05) is 10.8 Å². The van der Waals surface area contributed by atoms with E-state index in [1.165, 1.54) is 0 Å². The van der Waals surface area contributed by atoms with Crippen molar-refractivity contribution in [1.29, 1.82) is 0 Å². The number of imidazole rings is 1. The van der Waals surface area contributed by atoms with Gasteiger partial charge in [0.2, 0.25) is 0 Å². The number of aromatic amines is 1. The van der Waals surface area contributed by atoms with Crippen molar-refractivity contribution in [2.24, 2.45) is 0 Å². The van der Waals surface area contributed by atoms with Crippen LogP contribution < -0.4 is 0 Å². The third-order valence-electron chi connectivity index (χ3n) is 2.16. The molecule has 5 heteroatoms.